The monoisotopic (exact) mass is 944 g/mol. The number of likely N-dealkylation sites (tertiary alicyclic amines) is 2. The molecule has 0 radical (unpaired) electrons. The molecule has 0 saturated carbocycles. The number of fused-ring (bicyclic) bond motifs is 2. The molecule has 1 amide bonds. The number of nitrogens with one attached hydrogen (secondary N) is 2. The van der Waals surface area contributed by atoms with Gasteiger partial charge in [-0.15, -0.1) is 11.3 Å². The maximum Gasteiger partial charge on any atom is 0.412 e. The van der Waals surface area contributed by atoms with Crippen molar-refractivity contribution in [1.29, 1.82) is 0 Å². The molecule has 4 heterocycles. The van der Waals surface area contributed by atoms with Gasteiger partial charge >= 0.3 is 6.09 Å². The smallest absolute Gasteiger partial charge is 0.412 e. The van der Waals surface area contributed by atoms with Gasteiger partial charge < -0.3 is 29.0 Å². The second kappa shape index (κ2) is 21.6. The highest BCUT2D eigenvalue weighted by molar-refractivity contribution is 7.18. The van der Waals surface area contributed by atoms with Crippen molar-refractivity contribution < 1.29 is 23.4 Å². The zero-order valence-electron chi connectivity index (χ0n) is 40.0. The summed E-state index contributed by atoms with van der Waals surface area (Å²) in [5.74, 6) is 0.557. The van der Waals surface area contributed by atoms with Crippen molar-refractivity contribution in [2.24, 2.45) is 0 Å². The highest BCUT2D eigenvalue weighted by Gasteiger charge is 2.28. The second-order valence-corrected chi connectivity index (χ2v) is 20.2. The van der Waals surface area contributed by atoms with Crippen LogP contribution in [-0.4, -0.2) is 88.9 Å². The zero-order chi connectivity index (χ0) is 47.9. The van der Waals surface area contributed by atoms with Gasteiger partial charge in [0.1, 0.15) is 34.5 Å². The van der Waals surface area contributed by atoms with Crippen LogP contribution in [0.25, 0.3) is 43.5 Å². The summed E-state index contributed by atoms with van der Waals surface area (Å²) in [7, 11) is 4.31. The number of anilines is 1. The van der Waals surface area contributed by atoms with Gasteiger partial charge in [0.25, 0.3) is 0 Å². The molecule has 10 nitrogen and oxygen atoms in total. The van der Waals surface area contributed by atoms with Crippen molar-refractivity contribution in [2.75, 3.05) is 45.6 Å². The first-order valence-corrected chi connectivity index (χ1v) is 24.8. The summed E-state index contributed by atoms with van der Waals surface area (Å²) in [6.45, 7) is 9.67. The Kier molecular flexibility index (Phi) is 14.9. The Morgan fingerprint density at radius 2 is 1.25 bits per heavy atom. The lowest BCUT2D eigenvalue weighted by Gasteiger charge is -2.31. The number of hydrogen-bond donors (Lipinski definition) is 2. The minimum Gasteiger partial charge on any atom is -0.444 e. The van der Waals surface area contributed by atoms with Crippen LogP contribution in [0.4, 0.5) is 14.9 Å². The molecular formula is C57H61FN6O4S. The molecule has 12 heteroatoms. The molecular weight excluding hydrogens is 884 g/mol. The topological polar surface area (TPSA) is 105 Å². The molecule has 2 N–H and O–H groups in total. The van der Waals surface area contributed by atoms with Crippen molar-refractivity contribution in [3.05, 3.63) is 173 Å². The lowest BCUT2D eigenvalue weighted by Crippen LogP contribution is -2.35. The summed E-state index contributed by atoms with van der Waals surface area (Å²) >= 11 is 1.70. The summed E-state index contributed by atoms with van der Waals surface area (Å²) in [6, 6.07) is 47.4. The predicted molar refractivity (Wildman–Crippen MR) is 276 cm³/mol. The number of halogens is 1. The molecule has 69 heavy (non-hydrogen) atoms. The molecule has 0 bridgehead atoms. The molecule has 2 aliphatic rings. The third-order valence-electron chi connectivity index (χ3n) is 12.6. The van der Waals surface area contributed by atoms with Crippen LogP contribution in [0, 0.1) is 5.82 Å². The van der Waals surface area contributed by atoms with E-state index in [9.17, 15) is 9.18 Å². The highest BCUT2D eigenvalue weighted by atomic mass is 32.1. The van der Waals surface area contributed by atoms with E-state index in [2.05, 4.69) is 76.7 Å². The van der Waals surface area contributed by atoms with E-state index in [0.717, 1.165) is 107 Å². The SMILES string of the molecule is CN1CCC(OC(c2cccc(-c3ccc(NC(=O)OC(C)(C)C)cc3)c2)c2nc3ccccc3s2)CC1.CN1CCC(OC(c2cccc(-c3ccccc3F)c2)c2nc3ccccc3[nH]2)CC1. The Balaban J connectivity index is 0.000000175. The number of hydrogen-bond acceptors (Lipinski definition) is 9. The van der Waals surface area contributed by atoms with Crippen LogP contribution in [0.15, 0.2) is 146 Å². The van der Waals surface area contributed by atoms with Gasteiger partial charge in [0.2, 0.25) is 0 Å². The van der Waals surface area contributed by atoms with Gasteiger partial charge in [0, 0.05) is 37.4 Å². The van der Waals surface area contributed by atoms with E-state index in [4.69, 9.17) is 24.2 Å². The first-order chi connectivity index (χ1) is 33.4. The van der Waals surface area contributed by atoms with Crippen LogP contribution in [-0.2, 0) is 14.2 Å². The number of benzene rings is 6. The first-order valence-electron chi connectivity index (χ1n) is 23.9. The predicted octanol–water partition coefficient (Wildman–Crippen LogP) is 13.1. The molecule has 356 valence electrons. The zero-order valence-corrected chi connectivity index (χ0v) is 40.8. The van der Waals surface area contributed by atoms with Gasteiger partial charge in [-0.3, -0.25) is 5.32 Å². The van der Waals surface area contributed by atoms with Crippen LogP contribution in [0.1, 0.15) is 80.6 Å². The number of aromatic amines is 1. The number of aromatic nitrogens is 3. The number of H-pyrrole nitrogens is 1. The number of carbonyl (C=O) groups is 1. The van der Waals surface area contributed by atoms with E-state index in [1.54, 1.807) is 17.4 Å². The van der Waals surface area contributed by atoms with Gasteiger partial charge in [-0.25, -0.2) is 19.2 Å². The van der Waals surface area contributed by atoms with Crippen LogP contribution in [0.3, 0.4) is 0 Å². The molecule has 2 unspecified atom stereocenters. The summed E-state index contributed by atoms with van der Waals surface area (Å²) in [6.07, 6.45) is 3.34. The molecule has 2 aromatic heterocycles. The molecule has 6 aromatic carbocycles. The van der Waals surface area contributed by atoms with E-state index in [1.807, 2.05) is 112 Å². The number of imidazole rings is 1. The average molecular weight is 945 g/mol. The summed E-state index contributed by atoms with van der Waals surface area (Å²) in [5, 5.41) is 3.78. The van der Waals surface area contributed by atoms with Crippen LogP contribution >= 0.6 is 11.3 Å². The maximum absolute atomic E-state index is 14.4. The Morgan fingerprint density at radius 1 is 0.667 bits per heavy atom. The lowest BCUT2D eigenvalue weighted by molar-refractivity contribution is -0.0264. The lowest BCUT2D eigenvalue weighted by atomic mass is 9.99. The Bertz CT molecular complexity index is 2900. The number of amides is 1. The van der Waals surface area contributed by atoms with Gasteiger partial charge in [0.15, 0.2) is 0 Å². The molecule has 2 fully saturated rings. The fourth-order valence-corrected chi connectivity index (χ4v) is 9.95. The molecule has 2 aliphatic heterocycles. The third kappa shape index (κ3) is 12.3. The van der Waals surface area contributed by atoms with E-state index < -0.39 is 11.7 Å². The highest BCUT2D eigenvalue weighted by Crippen LogP contribution is 2.37. The first kappa shape index (κ1) is 47.8. The van der Waals surface area contributed by atoms with Gasteiger partial charge in [-0.2, -0.15) is 0 Å². The summed E-state index contributed by atoms with van der Waals surface area (Å²) in [5.41, 5.74) is 8.70. The third-order valence-corrected chi connectivity index (χ3v) is 13.7. The normalized spacial score (nSPS) is 16.2. The van der Waals surface area contributed by atoms with Gasteiger partial charge in [0.05, 0.1) is 33.5 Å². The van der Waals surface area contributed by atoms with Crippen molar-refractivity contribution in [3.63, 3.8) is 0 Å². The molecule has 10 rings (SSSR count). The molecule has 8 aromatic rings. The van der Waals surface area contributed by atoms with E-state index in [0.29, 0.717) is 11.3 Å². The average Bonchev–Trinajstić information content (AvgIpc) is 3.99. The van der Waals surface area contributed by atoms with Crippen molar-refractivity contribution in [3.8, 4) is 22.3 Å². The van der Waals surface area contributed by atoms with Gasteiger partial charge in [-0.1, -0.05) is 91.0 Å². The molecule has 0 aliphatic carbocycles. The van der Waals surface area contributed by atoms with E-state index >= 15 is 0 Å². The number of thiazole rings is 1. The fourth-order valence-electron chi connectivity index (χ4n) is 8.92. The summed E-state index contributed by atoms with van der Waals surface area (Å²) in [4.78, 5) is 30.0. The Morgan fingerprint density at radius 3 is 1.90 bits per heavy atom. The Labute approximate surface area is 408 Å². The van der Waals surface area contributed by atoms with Crippen LogP contribution in [0.5, 0.6) is 0 Å². The number of para-hydroxylation sites is 3. The van der Waals surface area contributed by atoms with Gasteiger partial charge in [-0.05, 0) is 143 Å². The standard InChI is InChI=1S/C31H35N3O3S.C26H26FN3O/c1-31(2,3)37-30(35)32-24-14-12-21(13-15-24)22-8-7-9-23(20-22)28(36-25-16-18-34(4)19-17-25)29-33-26-10-5-6-11-27(26)38-29;1-30-15-13-20(14-16-30)31-25(26-28-23-11-4-5-12-24(23)29-26)19-8-6-7-18(17-19)21-9-2-3-10-22(21)27/h5-15,20,25,28H,16-19H2,1-4H3,(H,32,35);2-12,17,20,25H,13-16H2,1H3,(H,28,29). The molecule has 0 spiro atoms. The number of nitrogens with zero attached hydrogens (tertiary/aromatic N) is 4. The van der Waals surface area contributed by atoms with Crippen molar-refractivity contribution >= 4 is 44.4 Å². The number of ether oxygens (including phenoxy) is 3. The second-order valence-electron chi connectivity index (χ2n) is 19.1. The van der Waals surface area contributed by atoms with E-state index in [-0.39, 0.29) is 30.2 Å². The Hall–Kier alpha value is -6.28. The minimum atomic E-state index is -0.542. The van der Waals surface area contributed by atoms with Crippen molar-refractivity contribution in [2.45, 2.75) is 76.5 Å². The molecule has 2 atom stereocenters. The minimum absolute atomic E-state index is 0.159. The maximum atomic E-state index is 14.4. The number of piperidine rings is 2. The molecule has 2 saturated heterocycles. The van der Waals surface area contributed by atoms with Crippen LogP contribution < -0.4 is 5.32 Å². The van der Waals surface area contributed by atoms with Crippen LogP contribution in [0.2, 0.25) is 0 Å². The fraction of sp³-hybridized carbons (Fsp3) is 0.316. The summed E-state index contributed by atoms with van der Waals surface area (Å²) < 4.78 is 34.4. The van der Waals surface area contributed by atoms with Crippen molar-refractivity contribution in [1.82, 2.24) is 24.8 Å². The number of carbonyl (C=O) groups excluding carboxylic acids is 1. The number of rotatable bonds is 11. The largest absolute Gasteiger partial charge is 0.444 e. The quantitative estimate of drug-likeness (QED) is 0.132. The van der Waals surface area contributed by atoms with E-state index in [1.165, 1.54) is 10.8 Å².